The van der Waals surface area contributed by atoms with Crippen molar-refractivity contribution in [2.45, 2.75) is 13.3 Å². The Balaban J connectivity index is 1.72. The molecule has 2 aromatic carbocycles. The topological polar surface area (TPSA) is 49.4 Å². The maximum atomic E-state index is 13.8. The van der Waals surface area contributed by atoms with Crippen LogP contribution in [0.1, 0.15) is 12.0 Å². The first-order valence-corrected chi connectivity index (χ1v) is 7.47. The normalized spacial score (nSPS) is 17.4. The Morgan fingerprint density at radius 1 is 1.22 bits per heavy atom. The fraction of sp³-hybridized carbons (Fsp3) is 0.222. The van der Waals surface area contributed by atoms with Gasteiger partial charge in [0.15, 0.2) is 0 Å². The Morgan fingerprint density at radius 3 is 2.74 bits per heavy atom. The number of para-hydroxylation sites is 1. The molecule has 1 heterocycles. The Morgan fingerprint density at radius 2 is 2.00 bits per heavy atom. The minimum atomic E-state index is -0.484. The first kappa shape index (κ1) is 15.2. The summed E-state index contributed by atoms with van der Waals surface area (Å²) in [7, 11) is 0. The van der Waals surface area contributed by atoms with Crippen molar-refractivity contribution in [2.24, 2.45) is 5.92 Å². The summed E-state index contributed by atoms with van der Waals surface area (Å²) in [5.41, 5.74) is 1.97. The van der Waals surface area contributed by atoms with Gasteiger partial charge in [-0.3, -0.25) is 9.59 Å². The van der Waals surface area contributed by atoms with E-state index in [1.807, 2.05) is 25.1 Å². The number of halogens is 1. The van der Waals surface area contributed by atoms with Crippen LogP contribution in [-0.4, -0.2) is 18.4 Å². The number of carbonyl (C=O) groups is 2. The van der Waals surface area contributed by atoms with Crippen LogP contribution in [0, 0.1) is 18.7 Å². The summed E-state index contributed by atoms with van der Waals surface area (Å²) in [6, 6.07) is 13.6. The Bertz CT molecular complexity index is 760. The molecule has 1 aliphatic heterocycles. The van der Waals surface area contributed by atoms with Gasteiger partial charge in [-0.25, -0.2) is 4.39 Å². The van der Waals surface area contributed by atoms with Crippen LogP contribution >= 0.6 is 0 Å². The van der Waals surface area contributed by atoms with Crippen LogP contribution in [0.5, 0.6) is 0 Å². The Kier molecular flexibility index (Phi) is 4.10. The molecule has 1 unspecified atom stereocenters. The number of rotatable bonds is 3. The van der Waals surface area contributed by atoms with E-state index in [0.717, 1.165) is 5.56 Å². The summed E-state index contributed by atoms with van der Waals surface area (Å²) in [5, 5.41) is 2.82. The zero-order valence-electron chi connectivity index (χ0n) is 12.8. The second kappa shape index (κ2) is 6.20. The second-order valence-electron chi connectivity index (χ2n) is 5.72. The monoisotopic (exact) mass is 312 g/mol. The summed E-state index contributed by atoms with van der Waals surface area (Å²) in [4.78, 5) is 25.8. The lowest BCUT2D eigenvalue weighted by Crippen LogP contribution is -2.28. The van der Waals surface area contributed by atoms with E-state index in [9.17, 15) is 14.0 Å². The summed E-state index contributed by atoms with van der Waals surface area (Å²) in [6.07, 6.45) is 0.0893. The maximum absolute atomic E-state index is 13.8. The van der Waals surface area contributed by atoms with Crippen LogP contribution < -0.4 is 10.2 Å². The van der Waals surface area contributed by atoms with Gasteiger partial charge in [0.25, 0.3) is 0 Å². The Labute approximate surface area is 133 Å². The largest absolute Gasteiger partial charge is 0.326 e. The van der Waals surface area contributed by atoms with Gasteiger partial charge < -0.3 is 10.2 Å². The van der Waals surface area contributed by atoms with E-state index < -0.39 is 11.7 Å². The van der Waals surface area contributed by atoms with E-state index in [1.165, 1.54) is 11.0 Å². The molecule has 1 fully saturated rings. The highest BCUT2D eigenvalue weighted by molar-refractivity contribution is 6.03. The van der Waals surface area contributed by atoms with Crippen molar-refractivity contribution in [3.05, 3.63) is 59.9 Å². The number of aryl methyl sites for hydroxylation is 1. The van der Waals surface area contributed by atoms with Gasteiger partial charge in [-0.15, -0.1) is 0 Å². The predicted octanol–water partition coefficient (Wildman–Crippen LogP) is 3.13. The summed E-state index contributed by atoms with van der Waals surface area (Å²) in [5.74, 6) is -1.40. The average Bonchev–Trinajstić information content (AvgIpc) is 2.90. The molecule has 1 saturated heterocycles. The van der Waals surface area contributed by atoms with Crippen molar-refractivity contribution in [1.29, 1.82) is 0 Å². The van der Waals surface area contributed by atoms with E-state index in [0.29, 0.717) is 5.69 Å². The summed E-state index contributed by atoms with van der Waals surface area (Å²) < 4.78 is 13.8. The van der Waals surface area contributed by atoms with Gasteiger partial charge in [-0.05, 0) is 36.8 Å². The summed E-state index contributed by atoms with van der Waals surface area (Å²) in [6.45, 7) is 2.13. The fourth-order valence-electron chi connectivity index (χ4n) is 2.75. The number of carbonyl (C=O) groups excluding carboxylic acids is 2. The molecule has 5 heteroatoms. The van der Waals surface area contributed by atoms with Crippen molar-refractivity contribution in [1.82, 2.24) is 0 Å². The van der Waals surface area contributed by atoms with Gasteiger partial charge in [-0.1, -0.05) is 24.3 Å². The molecule has 1 aliphatic rings. The molecule has 118 valence electrons. The number of benzene rings is 2. The molecule has 1 N–H and O–H groups in total. The SMILES string of the molecule is Cc1cccc(NC(=O)C2CC(=O)N(c3ccccc3F)C2)c1. The number of anilines is 2. The molecule has 0 spiro atoms. The van der Waals surface area contributed by atoms with E-state index in [-0.39, 0.29) is 30.5 Å². The van der Waals surface area contributed by atoms with Crippen LogP contribution in [-0.2, 0) is 9.59 Å². The van der Waals surface area contributed by atoms with Crippen molar-refractivity contribution in [2.75, 3.05) is 16.8 Å². The van der Waals surface area contributed by atoms with Crippen molar-refractivity contribution < 1.29 is 14.0 Å². The lowest BCUT2D eigenvalue weighted by atomic mass is 10.1. The second-order valence-corrected chi connectivity index (χ2v) is 5.72. The maximum Gasteiger partial charge on any atom is 0.229 e. The molecule has 3 rings (SSSR count). The van der Waals surface area contributed by atoms with Crippen LogP contribution in [0.3, 0.4) is 0 Å². The highest BCUT2D eigenvalue weighted by Gasteiger charge is 2.36. The molecule has 2 aromatic rings. The smallest absolute Gasteiger partial charge is 0.229 e. The molecule has 0 radical (unpaired) electrons. The number of amides is 2. The highest BCUT2D eigenvalue weighted by atomic mass is 19.1. The van der Waals surface area contributed by atoms with E-state index in [4.69, 9.17) is 0 Å². The number of nitrogens with one attached hydrogen (secondary N) is 1. The first-order valence-electron chi connectivity index (χ1n) is 7.47. The van der Waals surface area contributed by atoms with Gasteiger partial charge in [0, 0.05) is 18.7 Å². The third kappa shape index (κ3) is 3.23. The minimum Gasteiger partial charge on any atom is -0.326 e. The average molecular weight is 312 g/mol. The number of nitrogens with zero attached hydrogens (tertiary/aromatic N) is 1. The van der Waals surface area contributed by atoms with Crippen LogP contribution in [0.15, 0.2) is 48.5 Å². The van der Waals surface area contributed by atoms with Crippen LogP contribution in [0.4, 0.5) is 15.8 Å². The quantitative estimate of drug-likeness (QED) is 0.946. The van der Waals surface area contributed by atoms with E-state index >= 15 is 0 Å². The van der Waals surface area contributed by atoms with Gasteiger partial charge in [-0.2, -0.15) is 0 Å². The molecule has 4 nitrogen and oxygen atoms in total. The predicted molar refractivity (Wildman–Crippen MR) is 86.7 cm³/mol. The first-order chi connectivity index (χ1) is 11.0. The zero-order valence-corrected chi connectivity index (χ0v) is 12.8. The van der Waals surface area contributed by atoms with Gasteiger partial charge in [0.1, 0.15) is 5.82 Å². The molecular formula is C18H17FN2O2. The molecule has 0 aromatic heterocycles. The van der Waals surface area contributed by atoms with Gasteiger partial charge in [0.05, 0.1) is 11.6 Å². The number of hydrogen-bond donors (Lipinski definition) is 1. The lowest BCUT2D eigenvalue weighted by Gasteiger charge is -2.17. The molecule has 0 bridgehead atoms. The summed E-state index contributed by atoms with van der Waals surface area (Å²) >= 11 is 0. The highest BCUT2D eigenvalue weighted by Crippen LogP contribution is 2.28. The fourth-order valence-corrected chi connectivity index (χ4v) is 2.75. The molecule has 1 atom stereocenters. The lowest BCUT2D eigenvalue weighted by molar-refractivity contribution is -0.122. The zero-order chi connectivity index (χ0) is 16.4. The van der Waals surface area contributed by atoms with E-state index in [2.05, 4.69) is 5.32 Å². The molecule has 0 aliphatic carbocycles. The van der Waals surface area contributed by atoms with Gasteiger partial charge in [0.2, 0.25) is 11.8 Å². The van der Waals surface area contributed by atoms with Crippen LogP contribution in [0.25, 0.3) is 0 Å². The standard InChI is InChI=1S/C18H17FN2O2/c1-12-5-4-6-14(9-12)20-18(23)13-10-17(22)21(11-13)16-8-3-2-7-15(16)19/h2-9,13H,10-11H2,1H3,(H,20,23). The van der Waals surface area contributed by atoms with Gasteiger partial charge >= 0.3 is 0 Å². The number of hydrogen-bond acceptors (Lipinski definition) is 2. The molecular weight excluding hydrogens is 295 g/mol. The van der Waals surface area contributed by atoms with Crippen molar-refractivity contribution in [3.8, 4) is 0 Å². The van der Waals surface area contributed by atoms with E-state index in [1.54, 1.807) is 24.3 Å². The third-order valence-electron chi connectivity index (χ3n) is 3.92. The molecule has 0 saturated carbocycles. The molecule has 2 amide bonds. The van der Waals surface area contributed by atoms with Crippen LogP contribution in [0.2, 0.25) is 0 Å². The molecule has 23 heavy (non-hydrogen) atoms. The van der Waals surface area contributed by atoms with Crippen molar-refractivity contribution >= 4 is 23.2 Å². The third-order valence-corrected chi connectivity index (χ3v) is 3.92. The van der Waals surface area contributed by atoms with Crippen molar-refractivity contribution in [3.63, 3.8) is 0 Å². The minimum absolute atomic E-state index is 0.0893. The Hall–Kier alpha value is -2.69.